The first-order chi connectivity index (χ1) is 9.11. The van der Waals surface area contributed by atoms with E-state index < -0.39 is 6.10 Å². The number of rotatable bonds is 5. The Morgan fingerprint density at radius 2 is 2.21 bits per heavy atom. The second-order valence-corrected chi connectivity index (χ2v) is 6.82. The van der Waals surface area contributed by atoms with Crippen LogP contribution in [0.4, 0.5) is 0 Å². The molecule has 0 bridgehead atoms. The number of aliphatic hydroxyl groups excluding tert-OH is 1. The highest BCUT2D eigenvalue weighted by Gasteiger charge is 2.26. The molecular weight excluding hydrogens is 301 g/mol. The lowest BCUT2D eigenvalue weighted by Crippen LogP contribution is -2.36. The van der Waals surface area contributed by atoms with Crippen molar-refractivity contribution in [3.05, 3.63) is 33.8 Å². The molecular formula is C14H19Cl2NOS. The lowest BCUT2D eigenvalue weighted by molar-refractivity contribution is 0.170. The third-order valence-corrected chi connectivity index (χ3v) is 5.39. The van der Waals surface area contributed by atoms with Gasteiger partial charge in [0.1, 0.15) is 0 Å². The largest absolute Gasteiger partial charge is 0.387 e. The first-order valence-corrected chi connectivity index (χ1v) is 8.55. The van der Waals surface area contributed by atoms with E-state index in [1.807, 2.05) is 11.8 Å². The van der Waals surface area contributed by atoms with Crippen LogP contribution in [0.15, 0.2) is 18.2 Å². The van der Waals surface area contributed by atoms with E-state index >= 15 is 0 Å². The van der Waals surface area contributed by atoms with Crippen LogP contribution in [0.25, 0.3) is 0 Å². The van der Waals surface area contributed by atoms with Crippen molar-refractivity contribution in [1.82, 2.24) is 5.32 Å². The van der Waals surface area contributed by atoms with Crippen molar-refractivity contribution in [2.45, 2.75) is 36.7 Å². The van der Waals surface area contributed by atoms with Crippen molar-refractivity contribution in [3.8, 4) is 0 Å². The fourth-order valence-electron chi connectivity index (χ4n) is 2.58. The van der Waals surface area contributed by atoms with Crippen molar-refractivity contribution in [3.63, 3.8) is 0 Å². The molecule has 0 saturated heterocycles. The molecule has 0 amide bonds. The van der Waals surface area contributed by atoms with Crippen LogP contribution in [0, 0.1) is 0 Å². The molecule has 1 aliphatic rings. The minimum Gasteiger partial charge on any atom is -0.387 e. The fraction of sp³-hybridized carbons (Fsp3) is 0.571. The number of halogens is 2. The summed E-state index contributed by atoms with van der Waals surface area (Å²) >= 11 is 13.9. The van der Waals surface area contributed by atoms with Crippen LogP contribution in [-0.2, 0) is 0 Å². The molecule has 1 aromatic rings. The van der Waals surface area contributed by atoms with E-state index in [2.05, 4.69) is 11.6 Å². The Balaban J connectivity index is 1.93. The summed E-state index contributed by atoms with van der Waals surface area (Å²) in [5, 5.41) is 15.5. The Hall–Kier alpha value is 0.0700. The normalized spacial score (nSPS) is 24.6. The van der Waals surface area contributed by atoms with Crippen molar-refractivity contribution >= 4 is 35.0 Å². The summed E-state index contributed by atoms with van der Waals surface area (Å²) in [6.45, 7) is 0.516. The molecule has 0 aromatic heterocycles. The van der Waals surface area contributed by atoms with Gasteiger partial charge in [-0.15, -0.1) is 0 Å². The predicted octanol–water partition coefficient (Wildman–Crippen LogP) is 3.90. The Kier molecular flexibility index (Phi) is 5.85. The van der Waals surface area contributed by atoms with Gasteiger partial charge in [-0.05, 0) is 37.3 Å². The van der Waals surface area contributed by atoms with Gasteiger partial charge in [0.2, 0.25) is 0 Å². The van der Waals surface area contributed by atoms with Gasteiger partial charge in [0.05, 0.1) is 6.10 Å². The Labute approximate surface area is 128 Å². The molecule has 106 valence electrons. The lowest BCUT2D eigenvalue weighted by atomic mass is 10.1. The van der Waals surface area contributed by atoms with Crippen LogP contribution in [-0.4, -0.2) is 29.2 Å². The number of hydrogen-bond donors (Lipinski definition) is 2. The second kappa shape index (κ2) is 7.19. The van der Waals surface area contributed by atoms with Gasteiger partial charge < -0.3 is 10.4 Å². The maximum atomic E-state index is 10.2. The van der Waals surface area contributed by atoms with Crippen molar-refractivity contribution in [2.75, 3.05) is 12.8 Å². The lowest BCUT2D eigenvalue weighted by Gasteiger charge is -2.22. The van der Waals surface area contributed by atoms with Crippen molar-refractivity contribution < 1.29 is 5.11 Å². The quantitative estimate of drug-likeness (QED) is 0.863. The van der Waals surface area contributed by atoms with Gasteiger partial charge >= 0.3 is 0 Å². The van der Waals surface area contributed by atoms with Crippen molar-refractivity contribution in [2.24, 2.45) is 0 Å². The third-order valence-electron chi connectivity index (χ3n) is 3.65. The van der Waals surface area contributed by atoms with E-state index in [4.69, 9.17) is 23.2 Å². The molecule has 1 fully saturated rings. The number of thioether (sulfide) groups is 1. The van der Waals surface area contributed by atoms with E-state index in [1.165, 1.54) is 19.3 Å². The zero-order valence-corrected chi connectivity index (χ0v) is 13.2. The maximum absolute atomic E-state index is 10.2. The van der Waals surface area contributed by atoms with Crippen LogP contribution in [0.2, 0.25) is 10.0 Å². The van der Waals surface area contributed by atoms with Gasteiger partial charge in [0, 0.05) is 33.4 Å². The summed E-state index contributed by atoms with van der Waals surface area (Å²) in [5.74, 6) is 0. The molecule has 2 N–H and O–H groups in total. The molecule has 3 unspecified atom stereocenters. The second-order valence-electron chi connectivity index (χ2n) is 4.90. The highest BCUT2D eigenvalue weighted by Crippen LogP contribution is 2.30. The number of nitrogens with one attached hydrogen (secondary N) is 1. The number of benzene rings is 1. The first-order valence-electron chi connectivity index (χ1n) is 6.51. The molecule has 1 aromatic carbocycles. The zero-order chi connectivity index (χ0) is 13.8. The highest BCUT2D eigenvalue weighted by atomic mass is 35.5. The standard InChI is InChI=1S/C14H19Cl2NOS/c1-19-14-4-2-3-12(14)17-8-13(18)10-7-9(15)5-6-11(10)16/h5-7,12-14,17-18H,2-4,8H2,1H3. The smallest absolute Gasteiger partial charge is 0.0929 e. The zero-order valence-electron chi connectivity index (χ0n) is 10.9. The third kappa shape index (κ3) is 4.02. The molecule has 1 saturated carbocycles. The summed E-state index contributed by atoms with van der Waals surface area (Å²) in [5.41, 5.74) is 0.695. The average molecular weight is 320 g/mol. The molecule has 5 heteroatoms. The Morgan fingerprint density at radius 1 is 1.42 bits per heavy atom. The van der Waals surface area contributed by atoms with E-state index in [-0.39, 0.29) is 0 Å². The summed E-state index contributed by atoms with van der Waals surface area (Å²) in [7, 11) is 0. The average Bonchev–Trinajstić information content (AvgIpc) is 2.86. The molecule has 3 atom stereocenters. The Morgan fingerprint density at radius 3 is 2.95 bits per heavy atom. The summed E-state index contributed by atoms with van der Waals surface area (Å²) in [6.07, 6.45) is 5.23. The molecule has 0 heterocycles. The number of aliphatic hydroxyl groups is 1. The van der Waals surface area contributed by atoms with E-state index in [0.717, 1.165) is 0 Å². The van der Waals surface area contributed by atoms with E-state index in [0.29, 0.717) is 33.4 Å². The van der Waals surface area contributed by atoms with Gasteiger partial charge in [0.15, 0.2) is 0 Å². The highest BCUT2D eigenvalue weighted by molar-refractivity contribution is 7.99. The topological polar surface area (TPSA) is 32.3 Å². The molecule has 1 aliphatic carbocycles. The minimum atomic E-state index is -0.616. The Bertz CT molecular complexity index is 430. The van der Waals surface area contributed by atoms with Gasteiger partial charge in [0.25, 0.3) is 0 Å². The maximum Gasteiger partial charge on any atom is 0.0929 e. The van der Waals surface area contributed by atoms with Gasteiger partial charge in [-0.25, -0.2) is 0 Å². The molecule has 19 heavy (non-hydrogen) atoms. The number of hydrogen-bond acceptors (Lipinski definition) is 3. The SMILES string of the molecule is CSC1CCCC1NCC(O)c1cc(Cl)ccc1Cl. The van der Waals surface area contributed by atoms with Crippen molar-refractivity contribution in [1.29, 1.82) is 0 Å². The monoisotopic (exact) mass is 319 g/mol. The molecule has 0 radical (unpaired) electrons. The van der Waals surface area contributed by atoms with Crippen LogP contribution in [0.1, 0.15) is 30.9 Å². The minimum absolute atomic E-state index is 0.489. The van der Waals surface area contributed by atoms with Crippen LogP contribution < -0.4 is 5.32 Å². The first kappa shape index (κ1) is 15.5. The molecule has 0 aliphatic heterocycles. The van der Waals surface area contributed by atoms with E-state index in [9.17, 15) is 5.11 Å². The van der Waals surface area contributed by atoms with Crippen LogP contribution in [0.5, 0.6) is 0 Å². The molecule has 2 nitrogen and oxygen atoms in total. The molecule has 0 spiro atoms. The summed E-state index contributed by atoms with van der Waals surface area (Å²) in [6, 6.07) is 5.68. The van der Waals surface area contributed by atoms with Gasteiger partial charge in [-0.2, -0.15) is 11.8 Å². The summed E-state index contributed by atoms with van der Waals surface area (Å²) in [4.78, 5) is 0. The molecule has 2 rings (SSSR count). The fourth-order valence-corrected chi connectivity index (χ4v) is 3.97. The van der Waals surface area contributed by atoms with Gasteiger partial charge in [-0.3, -0.25) is 0 Å². The van der Waals surface area contributed by atoms with Crippen LogP contribution >= 0.6 is 35.0 Å². The van der Waals surface area contributed by atoms with Crippen LogP contribution in [0.3, 0.4) is 0 Å². The predicted molar refractivity (Wildman–Crippen MR) is 84.4 cm³/mol. The van der Waals surface area contributed by atoms with Gasteiger partial charge in [-0.1, -0.05) is 29.6 Å². The van der Waals surface area contributed by atoms with E-state index in [1.54, 1.807) is 18.2 Å². The summed E-state index contributed by atoms with van der Waals surface area (Å²) < 4.78 is 0.